The second kappa shape index (κ2) is 45.4. The van der Waals surface area contributed by atoms with E-state index in [0.717, 1.165) is 38.5 Å². The van der Waals surface area contributed by atoms with Gasteiger partial charge in [-0.05, 0) is 12.8 Å². The Labute approximate surface area is 350 Å². The van der Waals surface area contributed by atoms with Gasteiger partial charge in [0.1, 0.15) is 12.2 Å². The van der Waals surface area contributed by atoms with Crippen molar-refractivity contribution in [3.63, 3.8) is 0 Å². The van der Waals surface area contributed by atoms with Crippen molar-refractivity contribution in [2.45, 2.75) is 308 Å². The minimum absolute atomic E-state index is 0.376. The Hall–Kier alpha value is -0.690. The van der Waals surface area contributed by atoms with Crippen molar-refractivity contribution >= 4 is 5.91 Å². The fourth-order valence-corrected chi connectivity index (χ4v) is 8.29. The molecule has 56 heavy (non-hydrogen) atoms. The lowest BCUT2D eigenvalue weighted by Crippen LogP contribution is -2.53. The Morgan fingerprint density at radius 3 is 0.857 bits per heavy atom. The molecule has 0 fully saturated rings. The summed E-state index contributed by atoms with van der Waals surface area (Å²) in [5.74, 6) is -0.580. The van der Waals surface area contributed by atoms with Crippen molar-refractivity contribution in [2.24, 2.45) is 0 Å². The van der Waals surface area contributed by atoms with Gasteiger partial charge in [-0.3, -0.25) is 4.79 Å². The lowest BCUT2D eigenvalue weighted by molar-refractivity contribution is -0.132. The number of aliphatic hydroxyl groups is 4. The van der Waals surface area contributed by atoms with Crippen LogP contribution in [0, 0.1) is 0 Å². The first kappa shape index (κ1) is 55.3. The average molecular weight is 796 g/mol. The highest BCUT2D eigenvalue weighted by Crippen LogP contribution is 2.18. The average Bonchev–Trinajstić information content (AvgIpc) is 3.20. The molecule has 1 amide bonds. The minimum Gasteiger partial charge on any atom is -0.394 e. The summed E-state index contributed by atoms with van der Waals surface area (Å²) >= 11 is 0. The second-order valence-corrected chi connectivity index (χ2v) is 17.9. The number of carbonyl (C=O) groups excluding carboxylic acids is 1. The fourth-order valence-electron chi connectivity index (χ4n) is 8.29. The van der Waals surface area contributed by atoms with E-state index in [9.17, 15) is 25.2 Å². The van der Waals surface area contributed by atoms with Crippen LogP contribution in [0.4, 0.5) is 0 Å². The highest BCUT2D eigenvalue weighted by molar-refractivity contribution is 5.80. The number of carbonyl (C=O) groups is 1. The summed E-state index contributed by atoms with van der Waals surface area (Å²) in [6, 6.07) is -0.978. The van der Waals surface area contributed by atoms with Crippen LogP contribution in [0.5, 0.6) is 0 Å². The van der Waals surface area contributed by atoms with Gasteiger partial charge in [-0.1, -0.05) is 271 Å². The Bertz CT molecular complexity index is 766. The van der Waals surface area contributed by atoms with Gasteiger partial charge >= 0.3 is 0 Å². The van der Waals surface area contributed by atoms with Crippen LogP contribution in [-0.4, -0.2) is 57.3 Å². The number of hydrogen-bond acceptors (Lipinski definition) is 5. The van der Waals surface area contributed by atoms with Gasteiger partial charge in [0, 0.05) is 0 Å². The monoisotopic (exact) mass is 796 g/mol. The summed E-state index contributed by atoms with van der Waals surface area (Å²) in [4.78, 5) is 12.5. The Morgan fingerprint density at radius 1 is 0.375 bits per heavy atom. The van der Waals surface area contributed by atoms with Crippen LogP contribution < -0.4 is 5.32 Å². The van der Waals surface area contributed by atoms with Crippen LogP contribution in [0.15, 0.2) is 0 Å². The smallest absolute Gasteiger partial charge is 0.249 e. The molecule has 0 aliphatic rings. The minimum atomic E-state index is -1.25. The summed E-state index contributed by atoms with van der Waals surface area (Å²) in [6.45, 7) is 4.04. The van der Waals surface area contributed by atoms with Gasteiger partial charge in [-0.15, -0.1) is 0 Å². The molecule has 6 nitrogen and oxygen atoms in total. The van der Waals surface area contributed by atoms with Crippen molar-refractivity contribution in [3.8, 4) is 0 Å². The number of rotatable bonds is 47. The maximum atomic E-state index is 12.5. The highest BCUT2D eigenvalue weighted by atomic mass is 16.3. The Balaban J connectivity index is 3.49. The van der Waals surface area contributed by atoms with E-state index >= 15 is 0 Å². The number of aliphatic hydroxyl groups excluding tert-OH is 4. The highest BCUT2D eigenvalue weighted by Gasteiger charge is 2.28. The third-order valence-corrected chi connectivity index (χ3v) is 12.3. The molecule has 4 unspecified atom stereocenters. The quantitative estimate of drug-likeness (QED) is 0.0394. The van der Waals surface area contributed by atoms with E-state index in [4.69, 9.17) is 0 Å². The molecule has 0 spiro atoms. The van der Waals surface area contributed by atoms with Crippen LogP contribution in [-0.2, 0) is 4.79 Å². The zero-order chi connectivity index (χ0) is 41.0. The topological polar surface area (TPSA) is 110 Å². The van der Waals surface area contributed by atoms with Crippen molar-refractivity contribution in [2.75, 3.05) is 6.61 Å². The lowest BCUT2D eigenvalue weighted by Gasteiger charge is -2.27. The molecule has 0 heterocycles. The summed E-state index contributed by atoms with van der Waals surface area (Å²) in [5, 5.41) is 43.6. The first-order valence-corrected chi connectivity index (χ1v) is 25.4. The largest absolute Gasteiger partial charge is 0.394 e. The molecule has 4 atom stereocenters. The summed E-state index contributed by atoms with van der Waals surface area (Å²) < 4.78 is 0. The summed E-state index contributed by atoms with van der Waals surface area (Å²) in [6.07, 6.45) is 50.4. The van der Waals surface area contributed by atoms with Crippen molar-refractivity contribution in [1.82, 2.24) is 5.32 Å². The molecule has 0 aromatic heterocycles. The van der Waals surface area contributed by atoms with Gasteiger partial charge in [0.15, 0.2) is 0 Å². The van der Waals surface area contributed by atoms with Gasteiger partial charge in [0.05, 0.1) is 18.8 Å². The molecule has 0 aliphatic carbocycles. The molecular formula is C50H101NO5. The molecule has 336 valence electrons. The van der Waals surface area contributed by atoms with E-state index in [2.05, 4.69) is 19.2 Å². The maximum absolute atomic E-state index is 12.5. The molecule has 6 heteroatoms. The fraction of sp³-hybridized carbons (Fsp3) is 0.980. The van der Waals surface area contributed by atoms with E-state index in [0.29, 0.717) is 12.8 Å². The van der Waals surface area contributed by atoms with Crippen LogP contribution in [0.1, 0.15) is 284 Å². The second-order valence-electron chi connectivity index (χ2n) is 17.9. The molecule has 0 aromatic rings. The zero-order valence-corrected chi connectivity index (χ0v) is 37.9. The zero-order valence-electron chi connectivity index (χ0n) is 37.9. The van der Waals surface area contributed by atoms with E-state index in [-0.39, 0.29) is 0 Å². The first-order chi connectivity index (χ1) is 27.5. The number of unbranched alkanes of at least 4 members (excludes halogenated alkanes) is 38. The number of hydrogen-bond donors (Lipinski definition) is 5. The maximum Gasteiger partial charge on any atom is 0.249 e. The molecule has 0 aromatic carbocycles. The number of nitrogens with one attached hydrogen (secondary N) is 1. The first-order valence-electron chi connectivity index (χ1n) is 25.4. The molecule has 0 bridgehead atoms. The van der Waals surface area contributed by atoms with E-state index in [1.807, 2.05) is 0 Å². The normalized spacial score (nSPS) is 13.9. The molecule has 0 rings (SSSR count). The lowest BCUT2D eigenvalue weighted by atomic mass is 9.99. The Kier molecular flexibility index (Phi) is 44.8. The standard InChI is InChI=1S/C50H101NO5/c1-3-5-7-9-11-13-14-15-16-17-18-19-20-21-22-23-24-25-26-27-28-29-30-31-32-33-34-36-38-40-42-44-48(54)50(56)51-46(45-52)49(55)47(53)43-41-39-37-35-12-10-8-6-4-2/h46-49,52-55H,3-45H2,1-2H3,(H,51,56). The van der Waals surface area contributed by atoms with Crippen LogP contribution in [0.3, 0.4) is 0 Å². The van der Waals surface area contributed by atoms with Crippen LogP contribution in [0.2, 0.25) is 0 Å². The van der Waals surface area contributed by atoms with Gasteiger partial charge in [0.2, 0.25) is 5.91 Å². The molecule has 5 N–H and O–H groups in total. The van der Waals surface area contributed by atoms with Gasteiger partial charge in [-0.25, -0.2) is 0 Å². The van der Waals surface area contributed by atoms with Crippen LogP contribution in [0.25, 0.3) is 0 Å². The van der Waals surface area contributed by atoms with E-state index in [1.54, 1.807) is 0 Å². The van der Waals surface area contributed by atoms with Gasteiger partial charge in [-0.2, -0.15) is 0 Å². The molecule has 0 aliphatic heterocycles. The molecule has 0 saturated carbocycles. The van der Waals surface area contributed by atoms with Crippen molar-refractivity contribution < 1.29 is 25.2 Å². The van der Waals surface area contributed by atoms with E-state index in [1.165, 1.54) is 218 Å². The summed E-state index contributed by atoms with van der Waals surface area (Å²) in [7, 11) is 0. The predicted molar refractivity (Wildman–Crippen MR) is 242 cm³/mol. The predicted octanol–water partition coefficient (Wildman–Crippen LogP) is 14.0. The SMILES string of the molecule is CCCCCCCCCCCCCCCCCCCCCCCCCCCCCCCCCC(O)C(=O)NC(CO)C(O)C(O)CCCCCCCCCCC. The van der Waals surface area contributed by atoms with E-state index < -0.39 is 36.9 Å². The molecular weight excluding hydrogens is 695 g/mol. The van der Waals surface area contributed by atoms with Gasteiger partial charge < -0.3 is 25.7 Å². The van der Waals surface area contributed by atoms with Crippen molar-refractivity contribution in [1.29, 1.82) is 0 Å². The van der Waals surface area contributed by atoms with Gasteiger partial charge in [0.25, 0.3) is 0 Å². The number of amides is 1. The third kappa shape index (κ3) is 38.8. The van der Waals surface area contributed by atoms with Crippen LogP contribution >= 0.6 is 0 Å². The molecule has 0 saturated heterocycles. The third-order valence-electron chi connectivity index (χ3n) is 12.3. The van der Waals surface area contributed by atoms with Crippen molar-refractivity contribution in [3.05, 3.63) is 0 Å². The summed E-state index contributed by atoms with van der Waals surface area (Å²) in [5.41, 5.74) is 0. The molecule has 0 radical (unpaired) electrons. The Morgan fingerprint density at radius 2 is 0.607 bits per heavy atom.